The van der Waals surface area contributed by atoms with E-state index in [-0.39, 0.29) is 13.0 Å². The van der Waals surface area contributed by atoms with Gasteiger partial charge in [0.2, 0.25) is 0 Å². The van der Waals surface area contributed by atoms with Crippen molar-refractivity contribution in [1.82, 2.24) is 4.98 Å². The van der Waals surface area contributed by atoms with E-state index in [1.54, 1.807) is 13.8 Å². The smallest absolute Gasteiger partial charge is 0.303 e. The number of aliphatic carboxylic acids is 1. The van der Waals surface area contributed by atoms with Crippen LogP contribution in [0.4, 0.5) is 0 Å². The molecular weight excluding hydrogens is 524 g/mol. The first-order chi connectivity index (χ1) is 19.2. The van der Waals surface area contributed by atoms with Crippen molar-refractivity contribution in [2.75, 3.05) is 6.61 Å². The number of aliphatic hydroxyl groups is 1. The first-order valence-corrected chi connectivity index (χ1v) is 13.6. The number of benzene rings is 3. The Morgan fingerprint density at radius 1 is 1.00 bits per heavy atom. The van der Waals surface area contributed by atoms with Crippen LogP contribution in [0.15, 0.2) is 84.0 Å². The highest BCUT2D eigenvalue weighted by atomic mass is 35.5. The summed E-state index contributed by atoms with van der Waals surface area (Å²) in [6, 6.07) is 25.5. The third kappa shape index (κ3) is 8.25. The molecule has 1 aromatic heterocycles. The zero-order valence-electron chi connectivity index (χ0n) is 22.7. The lowest BCUT2D eigenvalue weighted by Gasteiger charge is -2.21. The number of aryl methyl sites for hydroxylation is 1. The number of carboxylic acid groups (broad SMARTS) is 1. The molecule has 0 fully saturated rings. The average Bonchev–Trinajstić information content (AvgIpc) is 2.92. The molecule has 6 nitrogen and oxygen atoms in total. The van der Waals surface area contributed by atoms with E-state index >= 15 is 0 Å². The van der Waals surface area contributed by atoms with Gasteiger partial charge < -0.3 is 15.1 Å². The van der Waals surface area contributed by atoms with Crippen molar-refractivity contribution in [3.05, 3.63) is 112 Å². The van der Waals surface area contributed by atoms with Crippen LogP contribution < -0.4 is 0 Å². The van der Waals surface area contributed by atoms with Gasteiger partial charge in [0, 0.05) is 16.8 Å². The number of oxime groups is 1. The highest BCUT2D eigenvalue weighted by Crippen LogP contribution is 2.25. The summed E-state index contributed by atoms with van der Waals surface area (Å²) in [6.45, 7) is 3.77. The Morgan fingerprint density at radius 3 is 2.60 bits per heavy atom. The number of carbonyl (C=O) groups is 1. The molecule has 4 rings (SSSR count). The Labute approximate surface area is 239 Å². The van der Waals surface area contributed by atoms with E-state index in [4.69, 9.17) is 26.5 Å². The second-order valence-corrected chi connectivity index (χ2v) is 10.6. The average molecular weight is 557 g/mol. The fourth-order valence-corrected chi connectivity index (χ4v) is 4.61. The number of halogens is 1. The molecule has 0 aliphatic rings. The van der Waals surface area contributed by atoms with Gasteiger partial charge in [-0.3, -0.25) is 4.79 Å². The van der Waals surface area contributed by atoms with Gasteiger partial charge in [0.1, 0.15) is 6.61 Å². The van der Waals surface area contributed by atoms with Crippen LogP contribution in [0.25, 0.3) is 23.1 Å². The zero-order chi connectivity index (χ0) is 28.5. The predicted octanol–water partition coefficient (Wildman–Crippen LogP) is 7.50. The van der Waals surface area contributed by atoms with E-state index in [9.17, 15) is 9.90 Å². The molecule has 7 heteroatoms. The molecule has 0 bridgehead atoms. The maximum absolute atomic E-state index is 10.8. The van der Waals surface area contributed by atoms with Gasteiger partial charge in [-0.2, -0.15) is 0 Å². The van der Waals surface area contributed by atoms with E-state index in [2.05, 4.69) is 5.16 Å². The first-order valence-electron chi connectivity index (χ1n) is 13.3. The maximum atomic E-state index is 10.8. The van der Waals surface area contributed by atoms with Crippen LogP contribution in [0.1, 0.15) is 61.1 Å². The predicted molar refractivity (Wildman–Crippen MR) is 161 cm³/mol. The molecule has 0 radical (unpaired) electrons. The summed E-state index contributed by atoms with van der Waals surface area (Å²) in [7, 11) is 0. The Kier molecular flexibility index (Phi) is 9.70. The van der Waals surface area contributed by atoms with Crippen LogP contribution in [0, 0.1) is 0 Å². The lowest BCUT2D eigenvalue weighted by molar-refractivity contribution is -0.137. The summed E-state index contributed by atoms with van der Waals surface area (Å²) >= 11 is 6.14. The van der Waals surface area contributed by atoms with Crippen LogP contribution in [-0.2, 0) is 21.7 Å². The van der Waals surface area contributed by atoms with Crippen LogP contribution in [0.5, 0.6) is 0 Å². The minimum absolute atomic E-state index is 0.0269. The number of fused-ring (bicyclic) bond motifs is 1. The quantitative estimate of drug-likeness (QED) is 0.107. The molecule has 2 N–H and O–H groups in total. The summed E-state index contributed by atoms with van der Waals surface area (Å²) in [6.07, 6.45) is 5.59. The van der Waals surface area contributed by atoms with Crippen molar-refractivity contribution in [3.63, 3.8) is 0 Å². The number of carboxylic acids is 1. The molecule has 0 spiro atoms. The second kappa shape index (κ2) is 13.4. The highest BCUT2D eigenvalue weighted by molar-refractivity contribution is 6.31. The van der Waals surface area contributed by atoms with Crippen LogP contribution >= 0.6 is 11.6 Å². The number of aromatic nitrogens is 1. The van der Waals surface area contributed by atoms with Crippen molar-refractivity contribution in [3.8, 4) is 0 Å². The molecular formula is C33H33ClN2O4. The van der Waals surface area contributed by atoms with Crippen molar-refractivity contribution in [2.45, 2.75) is 45.1 Å². The molecule has 0 atom stereocenters. The maximum Gasteiger partial charge on any atom is 0.303 e. The topological polar surface area (TPSA) is 92.0 Å². The molecule has 0 saturated heterocycles. The minimum Gasteiger partial charge on any atom is -0.481 e. The molecule has 0 amide bonds. The number of nitrogens with zero attached hydrogens (tertiary/aromatic N) is 2. The van der Waals surface area contributed by atoms with Crippen LogP contribution in [-0.4, -0.2) is 33.5 Å². The van der Waals surface area contributed by atoms with Crippen molar-refractivity contribution in [1.29, 1.82) is 0 Å². The Balaban J connectivity index is 1.56. The Morgan fingerprint density at radius 2 is 1.80 bits per heavy atom. The molecule has 206 valence electrons. The van der Waals surface area contributed by atoms with Gasteiger partial charge in [0.15, 0.2) is 0 Å². The van der Waals surface area contributed by atoms with Crippen LogP contribution in [0.3, 0.4) is 0 Å². The van der Waals surface area contributed by atoms with E-state index in [1.807, 2.05) is 91.0 Å². The molecule has 1 heterocycles. The zero-order valence-corrected chi connectivity index (χ0v) is 23.4. The number of hydrogen-bond donors (Lipinski definition) is 2. The van der Waals surface area contributed by atoms with Gasteiger partial charge in [-0.1, -0.05) is 77.4 Å². The lowest BCUT2D eigenvalue weighted by atomic mass is 9.90. The monoisotopic (exact) mass is 556 g/mol. The number of pyridine rings is 1. The second-order valence-electron chi connectivity index (χ2n) is 10.1. The van der Waals surface area contributed by atoms with Crippen LogP contribution in [0.2, 0.25) is 5.02 Å². The normalized spacial score (nSPS) is 12.2. The molecule has 40 heavy (non-hydrogen) atoms. The summed E-state index contributed by atoms with van der Waals surface area (Å²) in [5.74, 6) is -0.862. The van der Waals surface area contributed by atoms with Gasteiger partial charge in [-0.05, 0) is 85.7 Å². The summed E-state index contributed by atoms with van der Waals surface area (Å²) < 4.78 is 0. The molecule has 0 unspecified atom stereocenters. The fourth-order valence-electron chi connectivity index (χ4n) is 4.44. The first kappa shape index (κ1) is 29.0. The van der Waals surface area contributed by atoms with Gasteiger partial charge in [0.05, 0.1) is 22.5 Å². The minimum atomic E-state index is -0.964. The third-order valence-corrected chi connectivity index (χ3v) is 6.69. The van der Waals surface area contributed by atoms with E-state index in [0.717, 1.165) is 44.6 Å². The van der Waals surface area contributed by atoms with E-state index in [0.29, 0.717) is 24.3 Å². The van der Waals surface area contributed by atoms with E-state index < -0.39 is 11.6 Å². The largest absolute Gasteiger partial charge is 0.481 e. The number of hydrogen-bond acceptors (Lipinski definition) is 5. The fraction of sp³-hybridized carbons (Fsp3) is 0.242. The summed E-state index contributed by atoms with van der Waals surface area (Å²) in [5, 5.41) is 25.6. The van der Waals surface area contributed by atoms with Gasteiger partial charge in [-0.25, -0.2) is 4.98 Å². The lowest BCUT2D eigenvalue weighted by Crippen LogP contribution is -2.18. The SMILES string of the molecule is CC(C)(O)c1ccccc1CCC(=NOCCCC(=O)O)c1cccc(/C=C/c2ccc3ccc(Cl)cc3n2)c1. The molecule has 3 aromatic carbocycles. The highest BCUT2D eigenvalue weighted by Gasteiger charge is 2.19. The van der Waals surface area contributed by atoms with Crippen molar-refractivity contribution >= 4 is 46.3 Å². The Hall–Kier alpha value is -4.00. The van der Waals surface area contributed by atoms with Crippen molar-refractivity contribution < 1.29 is 19.8 Å². The molecule has 0 aliphatic heterocycles. The van der Waals surface area contributed by atoms with Gasteiger partial charge in [-0.15, -0.1) is 0 Å². The summed E-state index contributed by atoms with van der Waals surface area (Å²) in [4.78, 5) is 21.1. The Bertz CT molecular complexity index is 1540. The molecule has 0 aliphatic carbocycles. The van der Waals surface area contributed by atoms with Gasteiger partial charge in [0.25, 0.3) is 0 Å². The van der Waals surface area contributed by atoms with Crippen molar-refractivity contribution in [2.24, 2.45) is 5.16 Å². The van der Waals surface area contributed by atoms with E-state index in [1.165, 1.54) is 0 Å². The third-order valence-electron chi connectivity index (χ3n) is 6.45. The standard InChI is InChI=1S/C33H33ClN2O4/c1-33(2,39)29-10-4-3-8-24(29)15-19-30(36-40-20-6-11-32(37)38)26-9-5-7-23(21-26)12-17-28-18-14-25-13-16-27(34)22-31(25)35-28/h3-5,7-10,12-14,16-18,21-22,39H,6,11,15,19-20H2,1-2H3,(H,37,38)/b17-12+,36-30?. The van der Waals surface area contributed by atoms with Gasteiger partial charge >= 0.3 is 5.97 Å². The number of rotatable bonds is 12. The molecule has 4 aromatic rings. The summed E-state index contributed by atoms with van der Waals surface area (Å²) in [5.41, 5.74) is 5.22. The molecule has 0 saturated carbocycles.